The summed E-state index contributed by atoms with van der Waals surface area (Å²) >= 11 is 1.38. The number of thioether (sulfide) groups is 1. The number of amides is 2. The molecule has 158 valence electrons. The van der Waals surface area contributed by atoms with Crippen LogP contribution in [0.2, 0.25) is 0 Å². The van der Waals surface area contributed by atoms with Crippen molar-refractivity contribution in [3.05, 3.63) is 59.9 Å². The standard InChI is InChI=1S/C22H25FN4O2S/c1-3-26(14-20(28)24-13-16-9-11-17(23)12-10-16)21(29)15-30-22-25-18-7-5-6-8-19(18)27(22)4-2/h5-12H,3-4,13-15H2,1-2H3,(H,24,28). The van der Waals surface area contributed by atoms with Gasteiger partial charge in [0.15, 0.2) is 5.16 Å². The third kappa shape index (κ3) is 5.38. The monoisotopic (exact) mass is 428 g/mol. The number of carbonyl (C=O) groups excluding carboxylic acids is 2. The summed E-state index contributed by atoms with van der Waals surface area (Å²) < 4.78 is 15.0. The summed E-state index contributed by atoms with van der Waals surface area (Å²) in [7, 11) is 0. The second kappa shape index (κ2) is 10.2. The summed E-state index contributed by atoms with van der Waals surface area (Å²) in [6.07, 6.45) is 0. The molecule has 8 heteroatoms. The van der Waals surface area contributed by atoms with Crippen molar-refractivity contribution in [1.29, 1.82) is 0 Å². The maximum Gasteiger partial charge on any atom is 0.239 e. The van der Waals surface area contributed by atoms with Crippen molar-refractivity contribution < 1.29 is 14.0 Å². The van der Waals surface area contributed by atoms with Crippen LogP contribution in [0.3, 0.4) is 0 Å². The van der Waals surface area contributed by atoms with Gasteiger partial charge in [-0.3, -0.25) is 9.59 Å². The van der Waals surface area contributed by atoms with Crippen LogP contribution < -0.4 is 5.32 Å². The zero-order valence-electron chi connectivity index (χ0n) is 17.1. The van der Waals surface area contributed by atoms with Crippen LogP contribution in [0.25, 0.3) is 11.0 Å². The zero-order chi connectivity index (χ0) is 21.5. The lowest BCUT2D eigenvalue weighted by molar-refractivity contribution is -0.133. The first kappa shape index (κ1) is 21.8. The van der Waals surface area contributed by atoms with E-state index in [0.717, 1.165) is 28.3 Å². The summed E-state index contributed by atoms with van der Waals surface area (Å²) in [6, 6.07) is 13.8. The first-order chi connectivity index (χ1) is 14.5. The van der Waals surface area contributed by atoms with Crippen molar-refractivity contribution in [2.45, 2.75) is 32.1 Å². The number of para-hydroxylation sites is 2. The molecule has 3 rings (SSSR count). The van der Waals surface area contributed by atoms with Gasteiger partial charge < -0.3 is 14.8 Å². The highest BCUT2D eigenvalue weighted by atomic mass is 32.2. The van der Waals surface area contributed by atoms with Crippen molar-refractivity contribution in [3.63, 3.8) is 0 Å². The smallest absolute Gasteiger partial charge is 0.239 e. The SMILES string of the molecule is CCN(CC(=O)NCc1ccc(F)cc1)C(=O)CSc1nc2ccccc2n1CC. The predicted molar refractivity (Wildman–Crippen MR) is 117 cm³/mol. The number of hydrogen-bond acceptors (Lipinski definition) is 4. The number of benzene rings is 2. The number of nitrogens with one attached hydrogen (secondary N) is 1. The van der Waals surface area contributed by atoms with E-state index in [9.17, 15) is 14.0 Å². The van der Waals surface area contributed by atoms with Gasteiger partial charge in [-0.15, -0.1) is 0 Å². The van der Waals surface area contributed by atoms with E-state index in [-0.39, 0.29) is 29.9 Å². The van der Waals surface area contributed by atoms with E-state index in [1.54, 1.807) is 12.1 Å². The molecule has 3 aromatic rings. The molecule has 30 heavy (non-hydrogen) atoms. The lowest BCUT2D eigenvalue weighted by Crippen LogP contribution is -2.41. The molecule has 2 amide bonds. The van der Waals surface area contributed by atoms with Crippen LogP contribution in [0.4, 0.5) is 4.39 Å². The molecule has 1 aromatic heterocycles. The molecule has 0 bridgehead atoms. The third-order valence-corrected chi connectivity index (χ3v) is 5.69. The number of nitrogens with zero attached hydrogens (tertiary/aromatic N) is 3. The van der Waals surface area contributed by atoms with Gasteiger partial charge >= 0.3 is 0 Å². The van der Waals surface area contributed by atoms with E-state index in [1.807, 2.05) is 38.1 Å². The molecular formula is C22H25FN4O2S. The van der Waals surface area contributed by atoms with Gasteiger partial charge in [-0.05, 0) is 43.7 Å². The lowest BCUT2D eigenvalue weighted by atomic mass is 10.2. The van der Waals surface area contributed by atoms with Gasteiger partial charge in [0.2, 0.25) is 11.8 Å². The minimum Gasteiger partial charge on any atom is -0.350 e. The lowest BCUT2D eigenvalue weighted by Gasteiger charge is -2.20. The average Bonchev–Trinajstić information content (AvgIpc) is 3.12. The molecule has 0 aliphatic carbocycles. The van der Waals surface area contributed by atoms with Crippen LogP contribution in [0.15, 0.2) is 53.7 Å². The molecule has 0 atom stereocenters. The van der Waals surface area contributed by atoms with Crippen LogP contribution in [0, 0.1) is 5.82 Å². The molecule has 6 nitrogen and oxygen atoms in total. The quantitative estimate of drug-likeness (QED) is 0.530. The van der Waals surface area contributed by atoms with Crippen molar-refractivity contribution in [3.8, 4) is 0 Å². The molecule has 0 radical (unpaired) electrons. The van der Waals surface area contributed by atoms with Crippen LogP contribution in [-0.4, -0.2) is 45.1 Å². The van der Waals surface area contributed by atoms with Gasteiger partial charge in [-0.2, -0.15) is 0 Å². The normalized spacial score (nSPS) is 10.9. The highest BCUT2D eigenvalue weighted by molar-refractivity contribution is 7.99. The van der Waals surface area contributed by atoms with Crippen molar-refractivity contribution in [2.75, 3.05) is 18.8 Å². The molecule has 0 unspecified atom stereocenters. The summed E-state index contributed by atoms with van der Waals surface area (Å²) in [4.78, 5) is 31.0. The summed E-state index contributed by atoms with van der Waals surface area (Å²) in [5, 5.41) is 3.56. The second-order valence-electron chi connectivity index (χ2n) is 6.73. The molecular weight excluding hydrogens is 403 g/mol. The van der Waals surface area contributed by atoms with Crippen LogP contribution >= 0.6 is 11.8 Å². The fourth-order valence-corrected chi connectivity index (χ4v) is 4.08. The second-order valence-corrected chi connectivity index (χ2v) is 7.67. The van der Waals surface area contributed by atoms with Gasteiger partial charge in [0, 0.05) is 19.6 Å². The van der Waals surface area contributed by atoms with E-state index in [0.29, 0.717) is 13.1 Å². The minimum absolute atomic E-state index is 0.0126. The molecule has 0 spiro atoms. The van der Waals surface area contributed by atoms with Gasteiger partial charge in [-0.25, -0.2) is 9.37 Å². The van der Waals surface area contributed by atoms with Crippen molar-refractivity contribution in [1.82, 2.24) is 19.8 Å². The van der Waals surface area contributed by atoms with Gasteiger partial charge in [0.25, 0.3) is 0 Å². The molecule has 0 saturated heterocycles. The molecule has 1 heterocycles. The van der Waals surface area contributed by atoms with Crippen molar-refractivity contribution in [2.24, 2.45) is 0 Å². The van der Waals surface area contributed by atoms with E-state index >= 15 is 0 Å². The minimum atomic E-state index is -0.318. The molecule has 0 fully saturated rings. The Morgan fingerprint density at radius 1 is 1.13 bits per heavy atom. The highest BCUT2D eigenvalue weighted by Crippen LogP contribution is 2.24. The molecule has 0 saturated carbocycles. The number of likely N-dealkylation sites (N-methyl/N-ethyl adjacent to an activating group) is 1. The summed E-state index contributed by atoms with van der Waals surface area (Å²) in [5.41, 5.74) is 2.75. The Kier molecular flexibility index (Phi) is 7.46. The van der Waals surface area contributed by atoms with Gasteiger partial charge in [-0.1, -0.05) is 36.0 Å². The first-order valence-corrected chi connectivity index (χ1v) is 10.9. The maximum absolute atomic E-state index is 13.0. The van der Waals surface area contributed by atoms with Crippen LogP contribution in [-0.2, 0) is 22.7 Å². The molecule has 0 aliphatic heterocycles. The summed E-state index contributed by atoms with van der Waals surface area (Å²) in [6.45, 7) is 5.37. The van der Waals surface area contributed by atoms with E-state index in [2.05, 4.69) is 14.9 Å². The maximum atomic E-state index is 13.0. The Bertz CT molecular complexity index is 1020. The Hall–Kier alpha value is -2.87. The van der Waals surface area contributed by atoms with E-state index in [1.165, 1.54) is 28.8 Å². The molecule has 2 aromatic carbocycles. The number of fused-ring (bicyclic) bond motifs is 1. The van der Waals surface area contributed by atoms with Crippen LogP contribution in [0.1, 0.15) is 19.4 Å². The van der Waals surface area contributed by atoms with Gasteiger partial charge in [0.1, 0.15) is 5.82 Å². The number of rotatable bonds is 9. The number of halogens is 1. The Morgan fingerprint density at radius 2 is 1.87 bits per heavy atom. The number of carbonyl (C=O) groups is 2. The third-order valence-electron chi connectivity index (χ3n) is 4.73. The zero-order valence-corrected chi connectivity index (χ0v) is 17.9. The number of aryl methyl sites for hydroxylation is 1. The molecule has 1 N–H and O–H groups in total. The fourth-order valence-electron chi connectivity index (χ4n) is 3.10. The summed E-state index contributed by atoms with van der Waals surface area (Å²) in [5.74, 6) is -0.473. The van der Waals surface area contributed by atoms with Crippen LogP contribution in [0.5, 0.6) is 0 Å². The topological polar surface area (TPSA) is 67.2 Å². The van der Waals surface area contributed by atoms with Crippen molar-refractivity contribution >= 4 is 34.6 Å². The largest absolute Gasteiger partial charge is 0.350 e. The fraction of sp³-hybridized carbons (Fsp3) is 0.318. The number of aromatic nitrogens is 2. The number of hydrogen-bond donors (Lipinski definition) is 1. The average molecular weight is 429 g/mol. The van der Waals surface area contributed by atoms with Gasteiger partial charge in [0.05, 0.1) is 23.3 Å². The Morgan fingerprint density at radius 3 is 2.57 bits per heavy atom. The van der Waals surface area contributed by atoms with E-state index in [4.69, 9.17) is 0 Å². The predicted octanol–water partition coefficient (Wildman–Crippen LogP) is 3.45. The highest BCUT2D eigenvalue weighted by Gasteiger charge is 2.18. The molecule has 0 aliphatic rings. The number of imidazole rings is 1. The Labute approximate surface area is 179 Å². The first-order valence-electron chi connectivity index (χ1n) is 9.88. The Balaban J connectivity index is 1.54. The van der Waals surface area contributed by atoms with E-state index < -0.39 is 0 Å².